The number of hydrogen-bond donors (Lipinski definition) is 2. The minimum Gasteiger partial charge on any atom is -0.383 e. The second-order valence-electron chi connectivity index (χ2n) is 1.98. The van der Waals surface area contributed by atoms with E-state index in [2.05, 4.69) is 0 Å². The Morgan fingerprint density at radius 1 is 1.50 bits per heavy atom. The number of ether oxygens (including phenoxy) is 1. The van der Waals surface area contributed by atoms with Gasteiger partial charge in [-0.2, -0.15) is 0 Å². The molecule has 4 N–H and O–H groups in total. The van der Waals surface area contributed by atoms with E-state index in [9.17, 15) is 0 Å². The zero-order chi connectivity index (χ0) is 6.57. The van der Waals surface area contributed by atoms with E-state index in [0.29, 0.717) is 6.61 Å². The molecule has 3 heteroatoms. The molecular formula is C5H14N2O. The Labute approximate surface area is 50.0 Å². The molecule has 0 saturated heterocycles. The third-order valence-electron chi connectivity index (χ3n) is 1.03. The molecule has 0 saturated carbocycles. The maximum Gasteiger partial charge on any atom is 0.0628 e. The third-order valence-corrected chi connectivity index (χ3v) is 1.03. The standard InChI is InChI=1S/C5H14N2O/c1-4(6)5(7)3-8-2/h4-5H,3,6-7H2,1-2H3. The summed E-state index contributed by atoms with van der Waals surface area (Å²) in [6.45, 7) is 2.40. The summed E-state index contributed by atoms with van der Waals surface area (Å²) in [5.74, 6) is 0. The fourth-order valence-electron chi connectivity index (χ4n) is 0.344. The molecule has 0 radical (unpaired) electrons. The van der Waals surface area contributed by atoms with Gasteiger partial charge in [0, 0.05) is 19.2 Å². The van der Waals surface area contributed by atoms with Crippen molar-refractivity contribution in [3.8, 4) is 0 Å². The summed E-state index contributed by atoms with van der Waals surface area (Å²) in [4.78, 5) is 0. The van der Waals surface area contributed by atoms with Crippen molar-refractivity contribution in [1.29, 1.82) is 0 Å². The van der Waals surface area contributed by atoms with Crippen LogP contribution in [0.15, 0.2) is 0 Å². The number of methoxy groups -OCH3 is 1. The first kappa shape index (κ1) is 7.88. The Morgan fingerprint density at radius 2 is 2.00 bits per heavy atom. The highest BCUT2D eigenvalue weighted by molar-refractivity contribution is 4.69. The fourth-order valence-corrected chi connectivity index (χ4v) is 0.344. The lowest BCUT2D eigenvalue weighted by Crippen LogP contribution is -2.42. The molecule has 8 heavy (non-hydrogen) atoms. The SMILES string of the molecule is COCC(N)C(C)N. The Morgan fingerprint density at radius 3 is 2.12 bits per heavy atom. The van der Waals surface area contributed by atoms with Crippen LogP contribution in [0.1, 0.15) is 6.92 Å². The largest absolute Gasteiger partial charge is 0.383 e. The summed E-state index contributed by atoms with van der Waals surface area (Å²) in [7, 11) is 1.61. The average molecular weight is 118 g/mol. The summed E-state index contributed by atoms with van der Waals surface area (Å²) < 4.78 is 4.76. The Bertz CT molecular complexity index is 56.4. The molecule has 2 atom stereocenters. The van der Waals surface area contributed by atoms with Gasteiger partial charge in [-0.05, 0) is 6.92 Å². The predicted octanol–water partition coefficient (Wildman–Crippen LogP) is -0.693. The van der Waals surface area contributed by atoms with Gasteiger partial charge in [0.25, 0.3) is 0 Å². The summed E-state index contributed by atoms with van der Waals surface area (Å²) >= 11 is 0. The van der Waals surface area contributed by atoms with Gasteiger partial charge in [-0.15, -0.1) is 0 Å². The van der Waals surface area contributed by atoms with Crippen LogP contribution in [-0.4, -0.2) is 25.8 Å². The van der Waals surface area contributed by atoms with Crippen LogP contribution in [0.3, 0.4) is 0 Å². The lowest BCUT2D eigenvalue weighted by Gasteiger charge is -2.12. The van der Waals surface area contributed by atoms with Gasteiger partial charge in [-0.1, -0.05) is 0 Å². The van der Waals surface area contributed by atoms with Crippen LogP contribution in [0, 0.1) is 0 Å². The minimum atomic E-state index is -0.0278. The van der Waals surface area contributed by atoms with E-state index in [1.165, 1.54) is 0 Å². The molecule has 50 valence electrons. The minimum absolute atomic E-state index is 0.0231. The highest BCUT2D eigenvalue weighted by Gasteiger charge is 2.04. The Hall–Kier alpha value is -0.120. The molecule has 2 unspecified atom stereocenters. The first-order valence-corrected chi connectivity index (χ1v) is 2.68. The lowest BCUT2D eigenvalue weighted by molar-refractivity contribution is 0.173. The molecule has 0 aromatic heterocycles. The van der Waals surface area contributed by atoms with E-state index in [-0.39, 0.29) is 12.1 Å². The van der Waals surface area contributed by atoms with E-state index >= 15 is 0 Å². The van der Waals surface area contributed by atoms with E-state index in [1.807, 2.05) is 6.92 Å². The average Bonchev–Trinajstić information content (AvgIpc) is 1.67. The van der Waals surface area contributed by atoms with Gasteiger partial charge in [-0.25, -0.2) is 0 Å². The lowest BCUT2D eigenvalue weighted by atomic mass is 10.2. The monoisotopic (exact) mass is 118 g/mol. The molecule has 0 fully saturated rings. The predicted molar refractivity (Wildman–Crippen MR) is 33.5 cm³/mol. The molecule has 0 rings (SSSR count). The van der Waals surface area contributed by atoms with E-state index in [4.69, 9.17) is 16.2 Å². The third kappa shape index (κ3) is 2.96. The van der Waals surface area contributed by atoms with Crippen molar-refractivity contribution in [2.75, 3.05) is 13.7 Å². The first-order chi connectivity index (χ1) is 3.68. The van der Waals surface area contributed by atoms with Crippen molar-refractivity contribution in [3.05, 3.63) is 0 Å². The van der Waals surface area contributed by atoms with Crippen molar-refractivity contribution in [2.24, 2.45) is 11.5 Å². The molecule has 3 nitrogen and oxygen atoms in total. The van der Waals surface area contributed by atoms with E-state index < -0.39 is 0 Å². The van der Waals surface area contributed by atoms with E-state index in [1.54, 1.807) is 7.11 Å². The zero-order valence-corrected chi connectivity index (χ0v) is 5.42. The van der Waals surface area contributed by atoms with Crippen molar-refractivity contribution < 1.29 is 4.74 Å². The maximum absolute atomic E-state index is 5.48. The summed E-state index contributed by atoms with van der Waals surface area (Å²) in [5, 5.41) is 0. The highest BCUT2D eigenvalue weighted by Crippen LogP contribution is 1.83. The van der Waals surface area contributed by atoms with Gasteiger partial charge in [0.05, 0.1) is 6.61 Å². The quantitative estimate of drug-likeness (QED) is 0.515. The van der Waals surface area contributed by atoms with Crippen LogP contribution < -0.4 is 11.5 Å². The molecule has 0 bridgehead atoms. The molecule has 0 amide bonds. The van der Waals surface area contributed by atoms with Crippen molar-refractivity contribution in [3.63, 3.8) is 0 Å². The number of hydrogen-bond acceptors (Lipinski definition) is 3. The van der Waals surface area contributed by atoms with Crippen LogP contribution in [0.4, 0.5) is 0 Å². The molecule has 0 aromatic rings. The molecule has 0 spiro atoms. The second-order valence-corrected chi connectivity index (χ2v) is 1.98. The van der Waals surface area contributed by atoms with Gasteiger partial charge >= 0.3 is 0 Å². The number of nitrogens with two attached hydrogens (primary N) is 2. The van der Waals surface area contributed by atoms with Crippen LogP contribution in [0.25, 0.3) is 0 Å². The second kappa shape index (κ2) is 3.83. The van der Waals surface area contributed by atoms with Gasteiger partial charge in [0.2, 0.25) is 0 Å². The van der Waals surface area contributed by atoms with Crippen LogP contribution in [0.5, 0.6) is 0 Å². The van der Waals surface area contributed by atoms with Gasteiger partial charge in [0.15, 0.2) is 0 Å². The molecular weight excluding hydrogens is 104 g/mol. The maximum atomic E-state index is 5.48. The van der Waals surface area contributed by atoms with Crippen LogP contribution >= 0.6 is 0 Å². The normalized spacial score (nSPS) is 18.0. The summed E-state index contributed by atoms with van der Waals surface area (Å²) in [5.41, 5.74) is 10.9. The van der Waals surface area contributed by atoms with Crippen molar-refractivity contribution in [1.82, 2.24) is 0 Å². The van der Waals surface area contributed by atoms with Gasteiger partial charge < -0.3 is 16.2 Å². The highest BCUT2D eigenvalue weighted by atomic mass is 16.5. The number of rotatable bonds is 3. The molecule has 0 aliphatic rings. The van der Waals surface area contributed by atoms with Gasteiger partial charge in [-0.3, -0.25) is 0 Å². The smallest absolute Gasteiger partial charge is 0.0628 e. The molecule has 0 aliphatic heterocycles. The summed E-state index contributed by atoms with van der Waals surface area (Å²) in [6, 6.07) is -0.00468. The Kier molecular flexibility index (Phi) is 3.77. The fraction of sp³-hybridized carbons (Fsp3) is 1.00. The molecule has 0 aliphatic carbocycles. The van der Waals surface area contributed by atoms with Crippen LogP contribution in [-0.2, 0) is 4.74 Å². The molecule has 0 heterocycles. The van der Waals surface area contributed by atoms with E-state index in [0.717, 1.165) is 0 Å². The summed E-state index contributed by atoms with van der Waals surface area (Å²) in [6.07, 6.45) is 0. The van der Waals surface area contributed by atoms with Crippen LogP contribution in [0.2, 0.25) is 0 Å². The van der Waals surface area contributed by atoms with Crippen molar-refractivity contribution >= 4 is 0 Å². The van der Waals surface area contributed by atoms with Crippen molar-refractivity contribution in [2.45, 2.75) is 19.0 Å². The Balaban J connectivity index is 3.17. The topological polar surface area (TPSA) is 61.3 Å². The molecule has 0 aromatic carbocycles. The first-order valence-electron chi connectivity index (χ1n) is 2.68. The zero-order valence-electron chi connectivity index (χ0n) is 5.42. The van der Waals surface area contributed by atoms with Gasteiger partial charge in [0.1, 0.15) is 0 Å².